The van der Waals surface area contributed by atoms with E-state index in [1.165, 1.54) is 17.7 Å². The maximum absolute atomic E-state index is 11.7. The Hall–Kier alpha value is -1.05. The molecule has 0 radical (unpaired) electrons. The summed E-state index contributed by atoms with van der Waals surface area (Å²) in [5.74, 6) is 1.52. The normalized spacial score (nSPS) is 19.9. The van der Waals surface area contributed by atoms with E-state index in [9.17, 15) is 4.79 Å². The molecular weight excluding hydrogens is 198 g/mol. The number of hydrogen-bond acceptors (Lipinski definition) is 1. The van der Waals surface area contributed by atoms with Crippen LogP contribution in [0.3, 0.4) is 0 Å². The van der Waals surface area contributed by atoms with Crippen LogP contribution in [-0.2, 0) is 19.3 Å². The summed E-state index contributed by atoms with van der Waals surface area (Å²) in [6.07, 6.45) is 4.22. The molecule has 0 saturated carbocycles. The Balaban J connectivity index is 2.34. The Morgan fingerprint density at radius 2 is 2.25 bits per heavy atom. The van der Waals surface area contributed by atoms with Gasteiger partial charge in [0, 0.05) is 11.3 Å². The van der Waals surface area contributed by atoms with E-state index in [-0.39, 0.29) is 5.56 Å². The van der Waals surface area contributed by atoms with Crippen LogP contribution in [0.4, 0.5) is 0 Å². The van der Waals surface area contributed by atoms with Gasteiger partial charge in [0.25, 0.3) is 5.56 Å². The van der Waals surface area contributed by atoms with Gasteiger partial charge in [-0.3, -0.25) is 4.79 Å². The van der Waals surface area contributed by atoms with Gasteiger partial charge in [-0.15, -0.1) is 0 Å². The van der Waals surface area contributed by atoms with Crippen molar-refractivity contribution in [3.05, 3.63) is 33.2 Å². The first kappa shape index (κ1) is 11.4. The molecule has 0 bridgehead atoms. The molecule has 2 rings (SSSR count). The van der Waals surface area contributed by atoms with E-state index in [0.29, 0.717) is 0 Å². The molecule has 0 spiro atoms. The van der Waals surface area contributed by atoms with Gasteiger partial charge < -0.3 is 4.98 Å². The number of nitrogens with one attached hydrogen (secondary N) is 1. The second-order valence-electron chi connectivity index (χ2n) is 5.23. The van der Waals surface area contributed by atoms with Crippen molar-refractivity contribution in [2.24, 2.45) is 11.8 Å². The van der Waals surface area contributed by atoms with Gasteiger partial charge in [-0.1, -0.05) is 20.8 Å². The molecule has 0 fully saturated rings. The lowest BCUT2D eigenvalue weighted by Crippen LogP contribution is -2.24. The van der Waals surface area contributed by atoms with Gasteiger partial charge in [0.05, 0.1) is 0 Å². The van der Waals surface area contributed by atoms with Crippen molar-refractivity contribution in [3.63, 3.8) is 0 Å². The van der Waals surface area contributed by atoms with Gasteiger partial charge in [0.1, 0.15) is 0 Å². The standard InChI is InChI=1S/C14H21NO/c1-4-10-7-12-8-11(9(2)3)5-6-13(12)15-14(10)16/h7,9,11H,4-6,8H2,1-3H3,(H,15,16). The molecule has 16 heavy (non-hydrogen) atoms. The molecule has 1 atom stereocenters. The van der Waals surface area contributed by atoms with Crippen LogP contribution in [-0.4, -0.2) is 4.98 Å². The first-order valence-electron chi connectivity index (χ1n) is 6.35. The number of pyridine rings is 1. The van der Waals surface area contributed by atoms with E-state index in [2.05, 4.69) is 24.9 Å². The van der Waals surface area contributed by atoms with Crippen LogP contribution in [0.5, 0.6) is 0 Å². The number of H-pyrrole nitrogens is 1. The molecule has 0 amide bonds. The third-order valence-electron chi connectivity index (χ3n) is 3.86. The van der Waals surface area contributed by atoms with Crippen LogP contribution in [0, 0.1) is 11.8 Å². The van der Waals surface area contributed by atoms with Gasteiger partial charge >= 0.3 is 0 Å². The number of fused-ring (bicyclic) bond motifs is 1. The summed E-state index contributed by atoms with van der Waals surface area (Å²) < 4.78 is 0. The zero-order valence-corrected chi connectivity index (χ0v) is 10.5. The molecule has 1 aromatic heterocycles. The zero-order chi connectivity index (χ0) is 11.7. The van der Waals surface area contributed by atoms with Crippen LogP contribution in [0.2, 0.25) is 0 Å². The number of aromatic nitrogens is 1. The van der Waals surface area contributed by atoms with Crippen molar-refractivity contribution in [1.29, 1.82) is 0 Å². The lowest BCUT2D eigenvalue weighted by Gasteiger charge is -2.27. The van der Waals surface area contributed by atoms with Gasteiger partial charge in [0.15, 0.2) is 0 Å². The molecule has 0 saturated heterocycles. The molecule has 1 aromatic rings. The highest BCUT2D eigenvalue weighted by atomic mass is 16.1. The van der Waals surface area contributed by atoms with E-state index < -0.39 is 0 Å². The Morgan fingerprint density at radius 1 is 1.50 bits per heavy atom. The molecule has 88 valence electrons. The van der Waals surface area contributed by atoms with Crippen molar-refractivity contribution in [2.75, 3.05) is 0 Å². The van der Waals surface area contributed by atoms with Crippen molar-refractivity contribution in [3.8, 4) is 0 Å². The smallest absolute Gasteiger partial charge is 0.251 e. The molecule has 1 aliphatic carbocycles. The lowest BCUT2D eigenvalue weighted by atomic mass is 9.80. The lowest BCUT2D eigenvalue weighted by molar-refractivity contribution is 0.340. The summed E-state index contributed by atoms with van der Waals surface area (Å²) in [6, 6.07) is 2.13. The minimum Gasteiger partial charge on any atom is -0.326 e. The Kier molecular flexibility index (Phi) is 3.17. The zero-order valence-electron chi connectivity index (χ0n) is 10.5. The highest BCUT2D eigenvalue weighted by molar-refractivity contribution is 5.28. The highest BCUT2D eigenvalue weighted by Crippen LogP contribution is 2.28. The third kappa shape index (κ3) is 2.06. The van der Waals surface area contributed by atoms with Crippen LogP contribution >= 0.6 is 0 Å². The Labute approximate surface area is 97.1 Å². The maximum Gasteiger partial charge on any atom is 0.251 e. The molecule has 1 unspecified atom stereocenters. The summed E-state index contributed by atoms with van der Waals surface area (Å²) >= 11 is 0. The topological polar surface area (TPSA) is 32.9 Å². The van der Waals surface area contributed by atoms with Gasteiger partial charge in [-0.05, 0) is 49.1 Å². The number of hydrogen-bond donors (Lipinski definition) is 1. The predicted molar refractivity (Wildman–Crippen MR) is 66.8 cm³/mol. The average molecular weight is 219 g/mol. The fraction of sp³-hybridized carbons (Fsp3) is 0.643. The van der Waals surface area contributed by atoms with Crippen LogP contribution in [0.25, 0.3) is 0 Å². The molecule has 0 aromatic carbocycles. The van der Waals surface area contributed by atoms with Crippen molar-refractivity contribution in [1.82, 2.24) is 4.98 Å². The highest BCUT2D eigenvalue weighted by Gasteiger charge is 2.22. The quantitative estimate of drug-likeness (QED) is 0.815. The molecule has 0 aliphatic heterocycles. The van der Waals surface area contributed by atoms with E-state index in [1.54, 1.807) is 0 Å². The molecule has 1 N–H and O–H groups in total. The number of aromatic amines is 1. The second-order valence-corrected chi connectivity index (χ2v) is 5.23. The number of aryl methyl sites for hydroxylation is 2. The molecular formula is C14H21NO. The fourth-order valence-corrected chi connectivity index (χ4v) is 2.61. The summed E-state index contributed by atoms with van der Waals surface area (Å²) in [7, 11) is 0. The minimum absolute atomic E-state index is 0.115. The van der Waals surface area contributed by atoms with E-state index >= 15 is 0 Å². The maximum atomic E-state index is 11.7. The van der Waals surface area contributed by atoms with Crippen LogP contribution in [0.1, 0.15) is 44.0 Å². The minimum atomic E-state index is 0.115. The SMILES string of the molecule is CCc1cc2c([nH]c1=O)CCC(C(C)C)C2. The van der Waals surface area contributed by atoms with Crippen molar-refractivity contribution < 1.29 is 0 Å². The molecule has 2 nitrogen and oxygen atoms in total. The summed E-state index contributed by atoms with van der Waals surface area (Å²) in [4.78, 5) is 14.7. The fourth-order valence-electron chi connectivity index (χ4n) is 2.61. The second kappa shape index (κ2) is 4.44. The first-order chi connectivity index (χ1) is 7.61. The van der Waals surface area contributed by atoms with E-state index in [0.717, 1.165) is 36.7 Å². The van der Waals surface area contributed by atoms with Gasteiger partial charge in [0.2, 0.25) is 0 Å². The number of rotatable bonds is 2. The van der Waals surface area contributed by atoms with Gasteiger partial charge in [-0.2, -0.15) is 0 Å². The van der Waals surface area contributed by atoms with E-state index in [1.807, 2.05) is 6.92 Å². The van der Waals surface area contributed by atoms with Crippen LogP contribution in [0.15, 0.2) is 10.9 Å². The van der Waals surface area contributed by atoms with Crippen molar-refractivity contribution in [2.45, 2.75) is 46.5 Å². The Morgan fingerprint density at radius 3 is 2.88 bits per heavy atom. The summed E-state index contributed by atoms with van der Waals surface area (Å²) in [6.45, 7) is 6.63. The van der Waals surface area contributed by atoms with E-state index in [4.69, 9.17) is 0 Å². The average Bonchev–Trinajstić information content (AvgIpc) is 2.27. The first-order valence-corrected chi connectivity index (χ1v) is 6.35. The third-order valence-corrected chi connectivity index (χ3v) is 3.86. The predicted octanol–water partition coefficient (Wildman–Crippen LogP) is 2.70. The van der Waals surface area contributed by atoms with Gasteiger partial charge in [-0.25, -0.2) is 0 Å². The van der Waals surface area contributed by atoms with Crippen LogP contribution < -0.4 is 5.56 Å². The summed E-state index contributed by atoms with van der Waals surface area (Å²) in [5, 5.41) is 0. The van der Waals surface area contributed by atoms with Crippen molar-refractivity contribution >= 4 is 0 Å². The Bertz CT molecular complexity index is 431. The molecule has 1 heterocycles. The largest absolute Gasteiger partial charge is 0.326 e. The monoisotopic (exact) mass is 219 g/mol. The molecule has 1 aliphatic rings. The molecule has 2 heteroatoms. The summed E-state index contributed by atoms with van der Waals surface area (Å²) in [5.41, 5.74) is 3.60.